The van der Waals surface area contributed by atoms with Gasteiger partial charge in [-0.1, -0.05) is 37.3 Å². The van der Waals surface area contributed by atoms with E-state index in [1.54, 1.807) is 0 Å². The Bertz CT molecular complexity index is 537. The molecule has 0 radical (unpaired) electrons. The summed E-state index contributed by atoms with van der Waals surface area (Å²) in [6.07, 6.45) is 1.08. The number of nitrogens with two attached hydrogens (primary N) is 1. The van der Waals surface area contributed by atoms with Crippen molar-refractivity contribution in [2.75, 3.05) is 12.3 Å². The van der Waals surface area contributed by atoms with Crippen molar-refractivity contribution in [3.8, 4) is 0 Å². The summed E-state index contributed by atoms with van der Waals surface area (Å²) in [4.78, 5) is 2.33. The van der Waals surface area contributed by atoms with Gasteiger partial charge in [-0.25, -0.2) is 4.39 Å². The van der Waals surface area contributed by atoms with Gasteiger partial charge in [0.15, 0.2) is 0 Å². The van der Waals surface area contributed by atoms with Crippen LogP contribution in [-0.2, 0) is 13.1 Å². The van der Waals surface area contributed by atoms with Crippen LogP contribution in [0.15, 0.2) is 48.5 Å². The van der Waals surface area contributed by atoms with E-state index in [2.05, 4.69) is 17.9 Å². The first kappa shape index (κ1) is 14.5. The third-order valence-corrected chi connectivity index (χ3v) is 3.31. The minimum atomic E-state index is -0.192. The first-order chi connectivity index (χ1) is 9.69. The van der Waals surface area contributed by atoms with Crippen LogP contribution in [-0.4, -0.2) is 11.4 Å². The van der Waals surface area contributed by atoms with Gasteiger partial charge in [-0.05, 0) is 42.3 Å². The molecule has 0 aliphatic heterocycles. The van der Waals surface area contributed by atoms with Gasteiger partial charge in [0.05, 0.1) is 0 Å². The van der Waals surface area contributed by atoms with Crippen molar-refractivity contribution in [3.05, 3.63) is 65.5 Å². The Hall–Kier alpha value is -1.87. The van der Waals surface area contributed by atoms with Crippen molar-refractivity contribution in [2.24, 2.45) is 0 Å². The average Bonchev–Trinajstić information content (AvgIpc) is 2.44. The van der Waals surface area contributed by atoms with Crippen molar-refractivity contribution >= 4 is 5.69 Å². The number of para-hydroxylation sites is 1. The van der Waals surface area contributed by atoms with E-state index in [9.17, 15) is 4.39 Å². The lowest BCUT2D eigenvalue weighted by atomic mass is 10.1. The number of benzene rings is 2. The largest absolute Gasteiger partial charge is 0.398 e. The van der Waals surface area contributed by atoms with Gasteiger partial charge < -0.3 is 5.73 Å². The standard InChI is InChI=1S/C17H21FN2/c1-2-11-20(12-14-7-9-16(18)10-8-14)13-15-5-3-4-6-17(15)19/h3-10H,2,11-13,19H2,1H3. The van der Waals surface area contributed by atoms with Crippen LogP contribution >= 0.6 is 0 Å². The van der Waals surface area contributed by atoms with Crippen molar-refractivity contribution in [1.82, 2.24) is 4.90 Å². The number of nitrogens with zero attached hydrogens (tertiary/aromatic N) is 1. The highest BCUT2D eigenvalue weighted by molar-refractivity contribution is 5.46. The summed E-state index contributed by atoms with van der Waals surface area (Å²) >= 11 is 0. The third-order valence-electron chi connectivity index (χ3n) is 3.31. The minimum Gasteiger partial charge on any atom is -0.398 e. The Labute approximate surface area is 120 Å². The van der Waals surface area contributed by atoms with E-state index in [0.717, 1.165) is 42.9 Å². The summed E-state index contributed by atoms with van der Waals surface area (Å²) in [5.74, 6) is -0.192. The molecular formula is C17H21FN2. The number of hydrogen-bond acceptors (Lipinski definition) is 2. The van der Waals surface area contributed by atoms with Gasteiger partial charge in [0.25, 0.3) is 0 Å². The molecule has 2 aromatic carbocycles. The second kappa shape index (κ2) is 7.06. The molecule has 0 saturated carbocycles. The van der Waals surface area contributed by atoms with Gasteiger partial charge in [-0.2, -0.15) is 0 Å². The molecule has 0 aromatic heterocycles. The zero-order valence-electron chi connectivity index (χ0n) is 11.8. The van der Waals surface area contributed by atoms with Crippen molar-refractivity contribution in [2.45, 2.75) is 26.4 Å². The highest BCUT2D eigenvalue weighted by atomic mass is 19.1. The molecule has 0 unspecified atom stereocenters. The SMILES string of the molecule is CCCN(Cc1ccc(F)cc1)Cc1ccccc1N. The fourth-order valence-electron chi connectivity index (χ4n) is 2.30. The Balaban J connectivity index is 2.07. The van der Waals surface area contributed by atoms with Gasteiger partial charge in [0, 0.05) is 18.8 Å². The number of nitrogen functional groups attached to an aromatic ring is 1. The monoisotopic (exact) mass is 272 g/mol. The first-order valence-electron chi connectivity index (χ1n) is 6.99. The lowest BCUT2D eigenvalue weighted by Crippen LogP contribution is -2.24. The molecule has 0 saturated heterocycles. The highest BCUT2D eigenvalue weighted by Crippen LogP contribution is 2.16. The lowest BCUT2D eigenvalue weighted by molar-refractivity contribution is 0.257. The molecule has 3 heteroatoms. The normalized spacial score (nSPS) is 10.9. The second-order valence-corrected chi connectivity index (χ2v) is 5.04. The molecule has 20 heavy (non-hydrogen) atoms. The molecule has 2 nitrogen and oxygen atoms in total. The predicted molar refractivity (Wildman–Crippen MR) is 81.7 cm³/mol. The van der Waals surface area contributed by atoms with Gasteiger partial charge in [-0.15, -0.1) is 0 Å². The van der Waals surface area contributed by atoms with Crippen LogP contribution in [0.2, 0.25) is 0 Å². The Morgan fingerprint density at radius 3 is 2.35 bits per heavy atom. The molecule has 0 aliphatic carbocycles. The smallest absolute Gasteiger partial charge is 0.123 e. The van der Waals surface area contributed by atoms with Crippen LogP contribution in [0, 0.1) is 5.82 Å². The Morgan fingerprint density at radius 1 is 1.00 bits per heavy atom. The fraction of sp³-hybridized carbons (Fsp3) is 0.294. The van der Waals surface area contributed by atoms with E-state index in [-0.39, 0.29) is 5.82 Å². The van der Waals surface area contributed by atoms with E-state index in [0.29, 0.717) is 0 Å². The van der Waals surface area contributed by atoms with E-state index < -0.39 is 0 Å². The summed E-state index contributed by atoms with van der Waals surface area (Å²) in [7, 11) is 0. The summed E-state index contributed by atoms with van der Waals surface area (Å²) in [6, 6.07) is 14.6. The summed E-state index contributed by atoms with van der Waals surface area (Å²) in [5.41, 5.74) is 9.09. The third kappa shape index (κ3) is 4.07. The van der Waals surface area contributed by atoms with Crippen molar-refractivity contribution in [1.29, 1.82) is 0 Å². The molecule has 0 amide bonds. The van der Waals surface area contributed by atoms with Crippen molar-refractivity contribution in [3.63, 3.8) is 0 Å². The zero-order chi connectivity index (χ0) is 14.4. The number of anilines is 1. The van der Waals surface area contributed by atoms with Crippen molar-refractivity contribution < 1.29 is 4.39 Å². The minimum absolute atomic E-state index is 0.192. The molecular weight excluding hydrogens is 251 g/mol. The van der Waals surface area contributed by atoms with E-state index >= 15 is 0 Å². The van der Waals surface area contributed by atoms with Gasteiger partial charge in [0.2, 0.25) is 0 Å². The van der Waals surface area contributed by atoms with Gasteiger partial charge >= 0.3 is 0 Å². The van der Waals surface area contributed by atoms with Crippen LogP contribution in [0.25, 0.3) is 0 Å². The molecule has 0 aliphatic rings. The fourth-order valence-corrected chi connectivity index (χ4v) is 2.30. The molecule has 2 aromatic rings. The van der Waals surface area contributed by atoms with Crippen LogP contribution in [0.3, 0.4) is 0 Å². The van der Waals surface area contributed by atoms with E-state index in [1.807, 2.05) is 30.3 Å². The Morgan fingerprint density at radius 2 is 1.70 bits per heavy atom. The molecule has 0 heterocycles. The summed E-state index contributed by atoms with van der Waals surface area (Å²) in [6.45, 7) is 4.78. The zero-order valence-corrected chi connectivity index (χ0v) is 11.8. The molecule has 106 valence electrons. The number of rotatable bonds is 6. The lowest BCUT2D eigenvalue weighted by Gasteiger charge is -2.22. The average molecular weight is 272 g/mol. The van der Waals surface area contributed by atoms with Crippen LogP contribution < -0.4 is 5.73 Å². The predicted octanol–water partition coefficient (Wildman–Crippen LogP) is 3.82. The number of halogens is 1. The molecule has 0 bridgehead atoms. The second-order valence-electron chi connectivity index (χ2n) is 5.04. The summed E-state index contributed by atoms with van der Waals surface area (Å²) < 4.78 is 12.9. The van der Waals surface area contributed by atoms with Crippen LogP contribution in [0.4, 0.5) is 10.1 Å². The maximum atomic E-state index is 12.9. The van der Waals surface area contributed by atoms with Crippen LogP contribution in [0.1, 0.15) is 24.5 Å². The number of hydrogen-bond donors (Lipinski definition) is 1. The van der Waals surface area contributed by atoms with E-state index in [4.69, 9.17) is 5.73 Å². The van der Waals surface area contributed by atoms with Gasteiger partial charge in [0.1, 0.15) is 5.82 Å². The topological polar surface area (TPSA) is 29.3 Å². The maximum Gasteiger partial charge on any atom is 0.123 e. The quantitative estimate of drug-likeness (QED) is 0.810. The molecule has 2 rings (SSSR count). The first-order valence-corrected chi connectivity index (χ1v) is 6.99. The summed E-state index contributed by atoms with van der Waals surface area (Å²) in [5, 5.41) is 0. The van der Waals surface area contributed by atoms with Crippen LogP contribution in [0.5, 0.6) is 0 Å². The molecule has 2 N–H and O–H groups in total. The Kier molecular flexibility index (Phi) is 5.13. The maximum absolute atomic E-state index is 12.9. The van der Waals surface area contributed by atoms with E-state index in [1.165, 1.54) is 12.1 Å². The molecule has 0 atom stereocenters. The highest BCUT2D eigenvalue weighted by Gasteiger charge is 2.08. The van der Waals surface area contributed by atoms with Gasteiger partial charge in [-0.3, -0.25) is 4.90 Å². The molecule has 0 fully saturated rings. The molecule has 0 spiro atoms.